The van der Waals surface area contributed by atoms with Crippen molar-refractivity contribution < 1.29 is 0 Å². The van der Waals surface area contributed by atoms with Gasteiger partial charge >= 0.3 is 0 Å². The van der Waals surface area contributed by atoms with Crippen LogP contribution in [0, 0.1) is 0 Å². The molecule has 0 aliphatic heterocycles. The zero-order chi connectivity index (χ0) is 18.9. The number of hydrogen-bond acceptors (Lipinski definition) is 3. The highest BCUT2D eigenvalue weighted by Gasteiger charge is 2.17. The molecule has 2 aromatic heterocycles. The second-order valence-electron chi connectivity index (χ2n) is 6.46. The first-order chi connectivity index (χ1) is 13.8. The van der Waals surface area contributed by atoms with Gasteiger partial charge in [-0.15, -0.1) is 22.7 Å². The Balaban J connectivity index is 1.60. The minimum Gasteiger partial charge on any atom is -0.308 e. The number of para-hydroxylation sites is 1. The minimum atomic E-state index is 1.10. The fourth-order valence-electron chi connectivity index (χ4n) is 3.35. The predicted octanol–water partition coefficient (Wildman–Crippen LogP) is 8.86. The SMILES string of the molecule is Brc1ccc(-c2ccc(N(c3ccccc3)c3csc4ccsc34)cc2)cc1. The Labute approximate surface area is 180 Å². The summed E-state index contributed by atoms with van der Waals surface area (Å²) in [5, 5.41) is 4.43. The molecule has 0 bridgehead atoms. The Kier molecular flexibility index (Phi) is 4.77. The second-order valence-corrected chi connectivity index (χ2v) is 9.20. The van der Waals surface area contributed by atoms with Crippen molar-refractivity contribution in [1.82, 2.24) is 0 Å². The van der Waals surface area contributed by atoms with E-state index in [2.05, 4.69) is 117 Å². The fraction of sp³-hybridized carbons (Fsp3) is 0. The number of thiophene rings is 2. The molecule has 1 nitrogen and oxygen atoms in total. The summed E-state index contributed by atoms with van der Waals surface area (Å²) in [6.45, 7) is 0. The standard InChI is InChI=1S/C24H16BrNS2/c25-19-10-6-17(7-11-19)18-8-12-21(13-9-18)26(20-4-2-1-3-5-20)22-16-28-23-14-15-27-24(22)23/h1-16H. The van der Waals surface area contributed by atoms with Crippen molar-refractivity contribution in [1.29, 1.82) is 0 Å². The lowest BCUT2D eigenvalue weighted by Crippen LogP contribution is -2.08. The highest BCUT2D eigenvalue weighted by molar-refractivity contribution is 9.10. The van der Waals surface area contributed by atoms with Crippen molar-refractivity contribution >= 4 is 65.1 Å². The summed E-state index contributed by atoms with van der Waals surface area (Å²) in [5.41, 5.74) is 6.03. The van der Waals surface area contributed by atoms with E-state index >= 15 is 0 Å². The topological polar surface area (TPSA) is 3.24 Å². The van der Waals surface area contributed by atoms with Gasteiger partial charge in [0.1, 0.15) is 0 Å². The zero-order valence-corrected chi connectivity index (χ0v) is 18.1. The Morgan fingerprint density at radius 2 is 1.29 bits per heavy atom. The van der Waals surface area contributed by atoms with Crippen LogP contribution in [0.1, 0.15) is 0 Å². The van der Waals surface area contributed by atoms with Gasteiger partial charge in [-0.25, -0.2) is 0 Å². The highest BCUT2D eigenvalue weighted by Crippen LogP contribution is 2.44. The Bertz CT molecular complexity index is 1210. The van der Waals surface area contributed by atoms with E-state index in [4.69, 9.17) is 0 Å². The summed E-state index contributed by atoms with van der Waals surface area (Å²) in [6.07, 6.45) is 0. The molecule has 4 heteroatoms. The molecule has 136 valence electrons. The van der Waals surface area contributed by atoms with Gasteiger partial charge in [0.15, 0.2) is 0 Å². The molecule has 0 N–H and O–H groups in total. The van der Waals surface area contributed by atoms with Crippen LogP contribution in [-0.2, 0) is 0 Å². The van der Waals surface area contributed by atoms with Crippen molar-refractivity contribution in [2.75, 3.05) is 4.90 Å². The van der Waals surface area contributed by atoms with Crippen LogP contribution in [0.2, 0.25) is 0 Å². The summed E-state index contributed by atoms with van der Waals surface area (Å²) in [7, 11) is 0. The van der Waals surface area contributed by atoms with Crippen LogP contribution in [0.3, 0.4) is 0 Å². The summed E-state index contributed by atoms with van der Waals surface area (Å²) in [6, 6.07) is 30.1. The van der Waals surface area contributed by atoms with Gasteiger partial charge < -0.3 is 4.90 Å². The van der Waals surface area contributed by atoms with E-state index < -0.39 is 0 Å². The van der Waals surface area contributed by atoms with E-state index in [0.29, 0.717) is 0 Å². The molecular formula is C24H16BrNS2. The molecule has 3 aromatic carbocycles. The maximum Gasteiger partial charge on any atom is 0.0747 e. The predicted molar refractivity (Wildman–Crippen MR) is 128 cm³/mol. The molecular weight excluding hydrogens is 446 g/mol. The average molecular weight is 462 g/mol. The van der Waals surface area contributed by atoms with Gasteiger partial charge in [0, 0.05) is 25.9 Å². The Morgan fingerprint density at radius 1 is 0.643 bits per heavy atom. The maximum atomic E-state index is 3.51. The van der Waals surface area contributed by atoms with Gasteiger partial charge in [-0.05, 0) is 59.0 Å². The van der Waals surface area contributed by atoms with Gasteiger partial charge in [0.2, 0.25) is 0 Å². The van der Waals surface area contributed by atoms with Crippen molar-refractivity contribution in [2.24, 2.45) is 0 Å². The first-order valence-electron chi connectivity index (χ1n) is 8.95. The average Bonchev–Trinajstić information content (AvgIpc) is 3.35. The Hall–Kier alpha value is -2.40. The number of fused-ring (bicyclic) bond motifs is 1. The normalized spacial score (nSPS) is 11.0. The van der Waals surface area contributed by atoms with Gasteiger partial charge in [0.25, 0.3) is 0 Å². The van der Waals surface area contributed by atoms with Crippen LogP contribution in [0.5, 0.6) is 0 Å². The summed E-state index contributed by atoms with van der Waals surface area (Å²) in [5.74, 6) is 0. The van der Waals surface area contributed by atoms with E-state index in [-0.39, 0.29) is 0 Å². The van der Waals surface area contributed by atoms with Gasteiger partial charge in [-0.3, -0.25) is 0 Å². The number of nitrogens with zero attached hydrogens (tertiary/aromatic N) is 1. The van der Waals surface area contributed by atoms with E-state index in [1.54, 1.807) is 22.7 Å². The second kappa shape index (κ2) is 7.55. The van der Waals surface area contributed by atoms with Gasteiger partial charge in [-0.2, -0.15) is 0 Å². The molecule has 0 aliphatic rings. The van der Waals surface area contributed by atoms with Crippen LogP contribution in [0.15, 0.2) is 100 Å². The van der Waals surface area contributed by atoms with Crippen LogP contribution in [-0.4, -0.2) is 0 Å². The first kappa shape index (κ1) is 17.7. The Morgan fingerprint density at radius 3 is 2.00 bits per heavy atom. The maximum absolute atomic E-state index is 3.51. The van der Waals surface area contributed by atoms with Crippen molar-refractivity contribution in [2.45, 2.75) is 0 Å². The van der Waals surface area contributed by atoms with Gasteiger partial charge in [0.05, 0.1) is 10.4 Å². The number of benzene rings is 3. The molecule has 0 radical (unpaired) electrons. The molecule has 0 unspecified atom stereocenters. The van der Waals surface area contributed by atoms with Crippen LogP contribution in [0.25, 0.3) is 20.5 Å². The number of halogens is 1. The van der Waals surface area contributed by atoms with Gasteiger partial charge in [-0.1, -0.05) is 58.4 Å². The molecule has 0 spiro atoms. The fourth-order valence-corrected chi connectivity index (χ4v) is 5.68. The third-order valence-corrected chi connectivity index (χ3v) is 7.25. The summed E-state index contributed by atoms with van der Waals surface area (Å²) >= 11 is 7.12. The molecule has 0 amide bonds. The van der Waals surface area contributed by atoms with Crippen LogP contribution in [0.4, 0.5) is 17.1 Å². The lowest BCUT2D eigenvalue weighted by molar-refractivity contribution is 1.31. The first-order valence-corrected chi connectivity index (χ1v) is 11.5. The number of rotatable bonds is 4. The smallest absolute Gasteiger partial charge is 0.0747 e. The molecule has 5 aromatic rings. The number of anilines is 3. The highest BCUT2D eigenvalue weighted by atomic mass is 79.9. The van der Waals surface area contributed by atoms with Crippen molar-refractivity contribution in [3.05, 3.63) is 100 Å². The molecule has 0 saturated heterocycles. The largest absolute Gasteiger partial charge is 0.308 e. The molecule has 0 atom stereocenters. The molecule has 0 aliphatic carbocycles. The van der Waals surface area contributed by atoms with Crippen LogP contribution >= 0.6 is 38.6 Å². The number of hydrogen-bond donors (Lipinski definition) is 0. The molecule has 0 fully saturated rings. The summed E-state index contributed by atoms with van der Waals surface area (Å²) < 4.78 is 3.78. The third-order valence-electron chi connectivity index (χ3n) is 4.72. The van der Waals surface area contributed by atoms with E-state index in [0.717, 1.165) is 4.47 Å². The molecule has 5 rings (SSSR count). The summed E-state index contributed by atoms with van der Waals surface area (Å²) in [4.78, 5) is 2.35. The minimum absolute atomic E-state index is 1.10. The van der Waals surface area contributed by atoms with E-state index in [9.17, 15) is 0 Å². The molecule has 2 heterocycles. The quantitative estimate of drug-likeness (QED) is 0.258. The lowest BCUT2D eigenvalue weighted by Gasteiger charge is -2.24. The zero-order valence-electron chi connectivity index (χ0n) is 14.9. The van der Waals surface area contributed by atoms with E-state index in [1.165, 1.54) is 37.6 Å². The van der Waals surface area contributed by atoms with Crippen molar-refractivity contribution in [3.8, 4) is 11.1 Å². The van der Waals surface area contributed by atoms with Crippen molar-refractivity contribution in [3.63, 3.8) is 0 Å². The van der Waals surface area contributed by atoms with Crippen LogP contribution < -0.4 is 4.90 Å². The third kappa shape index (κ3) is 3.28. The molecule has 0 saturated carbocycles. The monoisotopic (exact) mass is 461 g/mol. The lowest BCUT2D eigenvalue weighted by atomic mass is 10.1. The molecule has 28 heavy (non-hydrogen) atoms. The van der Waals surface area contributed by atoms with E-state index in [1.807, 2.05) is 0 Å².